The minimum Gasteiger partial charge on any atom is -0.480 e. The summed E-state index contributed by atoms with van der Waals surface area (Å²) in [5, 5.41) is 14.7. The van der Waals surface area contributed by atoms with E-state index in [1.807, 2.05) is 0 Å². The molecule has 2 heterocycles. The lowest BCUT2D eigenvalue weighted by Gasteiger charge is -2.46. The highest BCUT2D eigenvalue weighted by atomic mass is 16.5. The summed E-state index contributed by atoms with van der Waals surface area (Å²) in [7, 11) is 0. The minimum atomic E-state index is -1.02. The third-order valence-electron chi connectivity index (χ3n) is 2.79. The Balaban J connectivity index is 1.70. The third-order valence-corrected chi connectivity index (χ3v) is 2.79. The van der Waals surface area contributed by atoms with Crippen molar-refractivity contribution in [1.82, 2.24) is 15.4 Å². The molecule has 1 fully saturated rings. The van der Waals surface area contributed by atoms with Gasteiger partial charge in [-0.2, -0.15) is 0 Å². The maximum atomic E-state index is 11.7. The molecule has 0 atom stereocenters. The van der Waals surface area contributed by atoms with Crippen molar-refractivity contribution < 1.29 is 24.0 Å². The van der Waals surface area contributed by atoms with Gasteiger partial charge < -0.3 is 24.6 Å². The number of carboxylic acids is 1. The number of carbonyl (C=O) groups is 2. The van der Waals surface area contributed by atoms with Gasteiger partial charge >= 0.3 is 12.0 Å². The first-order valence-corrected chi connectivity index (χ1v) is 5.77. The number of hydrogen-bond donors (Lipinski definition) is 2. The standard InChI is InChI=1S/C11H15N3O5/c1-11(18-5-9(15)16)6-14(7-11)10(17)12-4-8-2-3-13-19-8/h2-3H,4-7H2,1H3,(H,12,17)(H,15,16). The van der Waals surface area contributed by atoms with Gasteiger partial charge in [-0.05, 0) is 6.92 Å². The second kappa shape index (κ2) is 5.27. The average Bonchev–Trinajstić information content (AvgIpc) is 2.83. The molecule has 1 saturated heterocycles. The molecule has 8 heteroatoms. The van der Waals surface area contributed by atoms with Crippen LogP contribution in [-0.2, 0) is 16.1 Å². The lowest BCUT2D eigenvalue weighted by atomic mass is 9.97. The molecule has 0 saturated carbocycles. The van der Waals surface area contributed by atoms with Gasteiger partial charge in [-0.15, -0.1) is 0 Å². The Hall–Kier alpha value is -2.09. The Morgan fingerprint density at radius 1 is 1.63 bits per heavy atom. The summed E-state index contributed by atoms with van der Waals surface area (Å²) in [5.74, 6) is -0.451. The van der Waals surface area contributed by atoms with E-state index >= 15 is 0 Å². The van der Waals surface area contributed by atoms with Crippen LogP contribution in [0.2, 0.25) is 0 Å². The number of aliphatic carboxylic acids is 1. The number of carboxylic acid groups (broad SMARTS) is 1. The van der Waals surface area contributed by atoms with Crippen LogP contribution in [0.15, 0.2) is 16.8 Å². The zero-order valence-electron chi connectivity index (χ0n) is 10.5. The number of aromatic nitrogens is 1. The molecule has 104 valence electrons. The van der Waals surface area contributed by atoms with Crippen LogP contribution in [0.4, 0.5) is 4.79 Å². The van der Waals surface area contributed by atoms with Crippen molar-refractivity contribution in [2.75, 3.05) is 19.7 Å². The molecule has 0 aliphatic carbocycles. The zero-order chi connectivity index (χ0) is 13.9. The van der Waals surface area contributed by atoms with Crippen LogP contribution < -0.4 is 5.32 Å². The summed E-state index contributed by atoms with van der Waals surface area (Å²) in [6.07, 6.45) is 1.50. The molecule has 1 aromatic heterocycles. The smallest absolute Gasteiger partial charge is 0.329 e. The quantitative estimate of drug-likeness (QED) is 0.783. The maximum absolute atomic E-state index is 11.7. The summed E-state index contributed by atoms with van der Waals surface area (Å²) in [6, 6.07) is 1.42. The molecule has 1 aliphatic heterocycles. The normalized spacial score (nSPS) is 16.8. The van der Waals surface area contributed by atoms with Gasteiger partial charge in [-0.1, -0.05) is 5.16 Å². The Labute approximate surface area is 109 Å². The number of amides is 2. The van der Waals surface area contributed by atoms with Crippen LogP contribution >= 0.6 is 0 Å². The Kier molecular flexibility index (Phi) is 3.70. The van der Waals surface area contributed by atoms with Gasteiger partial charge in [0.05, 0.1) is 25.8 Å². The van der Waals surface area contributed by atoms with Crippen LogP contribution in [0.1, 0.15) is 12.7 Å². The largest absolute Gasteiger partial charge is 0.480 e. The fourth-order valence-electron chi connectivity index (χ4n) is 1.84. The van der Waals surface area contributed by atoms with Gasteiger partial charge in [0.15, 0.2) is 5.76 Å². The minimum absolute atomic E-state index is 0.243. The number of carbonyl (C=O) groups excluding carboxylic acids is 1. The molecular formula is C11H15N3O5. The van der Waals surface area contributed by atoms with Crippen LogP contribution in [0.25, 0.3) is 0 Å². The number of likely N-dealkylation sites (tertiary alicyclic amines) is 1. The molecule has 0 bridgehead atoms. The molecule has 8 nitrogen and oxygen atoms in total. The monoisotopic (exact) mass is 269 g/mol. The highest BCUT2D eigenvalue weighted by molar-refractivity contribution is 5.75. The highest BCUT2D eigenvalue weighted by Crippen LogP contribution is 2.24. The van der Waals surface area contributed by atoms with Crippen LogP contribution in [0.3, 0.4) is 0 Å². The number of ether oxygens (including phenoxy) is 1. The van der Waals surface area contributed by atoms with E-state index in [-0.39, 0.29) is 19.2 Å². The van der Waals surface area contributed by atoms with Gasteiger partial charge in [0.25, 0.3) is 0 Å². The van der Waals surface area contributed by atoms with Crippen molar-refractivity contribution in [2.24, 2.45) is 0 Å². The molecule has 1 aliphatic rings. The first kappa shape index (κ1) is 13.3. The van der Waals surface area contributed by atoms with Crippen molar-refractivity contribution >= 4 is 12.0 Å². The predicted molar refractivity (Wildman–Crippen MR) is 62.3 cm³/mol. The Morgan fingerprint density at radius 3 is 2.95 bits per heavy atom. The second-order valence-corrected chi connectivity index (χ2v) is 4.63. The van der Waals surface area contributed by atoms with E-state index in [1.165, 1.54) is 11.1 Å². The van der Waals surface area contributed by atoms with E-state index in [4.69, 9.17) is 14.4 Å². The summed E-state index contributed by atoms with van der Waals surface area (Å²) in [4.78, 5) is 23.7. The molecule has 1 aromatic rings. The van der Waals surface area contributed by atoms with E-state index in [0.717, 1.165) is 0 Å². The van der Waals surface area contributed by atoms with Gasteiger partial charge in [0.2, 0.25) is 0 Å². The highest BCUT2D eigenvalue weighted by Gasteiger charge is 2.42. The summed E-state index contributed by atoms with van der Waals surface area (Å²) >= 11 is 0. The Morgan fingerprint density at radius 2 is 2.37 bits per heavy atom. The van der Waals surface area contributed by atoms with Crippen molar-refractivity contribution in [3.8, 4) is 0 Å². The van der Waals surface area contributed by atoms with Gasteiger partial charge in [-0.25, -0.2) is 9.59 Å². The number of nitrogens with one attached hydrogen (secondary N) is 1. The predicted octanol–water partition coefficient (Wildman–Crippen LogP) is 0.0597. The van der Waals surface area contributed by atoms with Crippen molar-refractivity contribution in [1.29, 1.82) is 0 Å². The first-order valence-electron chi connectivity index (χ1n) is 5.77. The summed E-state index contributed by atoms with van der Waals surface area (Å²) in [5.41, 5.74) is -0.581. The molecule has 2 amide bonds. The maximum Gasteiger partial charge on any atom is 0.329 e. The molecule has 2 N–H and O–H groups in total. The van der Waals surface area contributed by atoms with E-state index in [0.29, 0.717) is 18.8 Å². The molecule has 0 radical (unpaired) electrons. The van der Waals surface area contributed by atoms with Crippen LogP contribution in [0, 0.1) is 0 Å². The van der Waals surface area contributed by atoms with E-state index in [2.05, 4.69) is 10.5 Å². The van der Waals surface area contributed by atoms with Gasteiger partial charge in [-0.3, -0.25) is 0 Å². The van der Waals surface area contributed by atoms with Gasteiger partial charge in [0, 0.05) is 6.07 Å². The average molecular weight is 269 g/mol. The summed E-state index contributed by atoms with van der Waals surface area (Å²) in [6.45, 7) is 2.41. The number of hydrogen-bond acceptors (Lipinski definition) is 5. The van der Waals surface area contributed by atoms with E-state index in [1.54, 1.807) is 13.0 Å². The topological polar surface area (TPSA) is 105 Å². The second-order valence-electron chi connectivity index (χ2n) is 4.63. The van der Waals surface area contributed by atoms with Gasteiger partial charge in [0.1, 0.15) is 12.2 Å². The Bertz CT molecular complexity index is 453. The molecular weight excluding hydrogens is 254 g/mol. The molecule has 0 aromatic carbocycles. The van der Waals surface area contributed by atoms with Crippen LogP contribution in [-0.4, -0.2) is 52.5 Å². The van der Waals surface area contributed by atoms with Crippen molar-refractivity contribution in [2.45, 2.75) is 19.1 Å². The van der Waals surface area contributed by atoms with Crippen molar-refractivity contribution in [3.63, 3.8) is 0 Å². The molecule has 19 heavy (non-hydrogen) atoms. The summed E-state index contributed by atoms with van der Waals surface area (Å²) < 4.78 is 10.1. The van der Waals surface area contributed by atoms with E-state index in [9.17, 15) is 9.59 Å². The number of rotatable bonds is 5. The number of urea groups is 1. The lowest BCUT2D eigenvalue weighted by molar-refractivity contribution is -0.159. The van der Waals surface area contributed by atoms with E-state index < -0.39 is 11.6 Å². The molecule has 0 spiro atoms. The number of nitrogens with zero attached hydrogens (tertiary/aromatic N) is 2. The van der Waals surface area contributed by atoms with Crippen molar-refractivity contribution in [3.05, 3.63) is 18.0 Å². The first-order chi connectivity index (χ1) is 8.98. The molecule has 2 rings (SSSR count). The van der Waals surface area contributed by atoms with Crippen LogP contribution in [0.5, 0.6) is 0 Å². The SMILES string of the molecule is CC1(OCC(=O)O)CN(C(=O)NCc2ccno2)C1. The zero-order valence-corrected chi connectivity index (χ0v) is 10.5. The lowest BCUT2D eigenvalue weighted by Crippen LogP contribution is -2.65. The molecule has 0 unspecified atom stereocenters. The fourth-order valence-corrected chi connectivity index (χ4v) is 1.84. The fraction of sp³-hybridized carbons (Fsp3) is 0.545. The third kappa shape index (κ3) is 3.44.